The summed E-state index contributed by atoms with van der Waals surface area (Å²) >= 11 is 0.672. The van der Waals surface area contributed by atoms with E-state index in [0.29, 0.717) is 11.3 Å². The Morgan fingerprint density at radius 3 is 2.61 bits per heavy atom. The summed E-state index contributed by atoms with van der Waals surface area (Å²) in [5.74, 6) is -1.97. The lowest BCUT2D eigenvalue weighted by atomic mass is 10.3. The third-order valence-corrected chi connectivity index (χ3v) is 4.86. The van der Waals surface area contributed by atoms with Gasteiger partial charge in [0.05, 0.1) is 11.6 Å². The lowest BCUT2D eigenvalue weighted by Gasteiger charge is -2.11. The maximum Gasteiger partial charge on any atom is 0.356 e. The molecule has 18 heavy (non-hydrogen) atoms. The molecule has 0 aromatic carbocycles. The molecule has 0 saturated carbocycles. The van der Waals surface area contributed by atoms with Gasteiger partial charge in [0.25, 0.3) is 10.0 Å². The van der Waals surface area contributed by atoms with Gasteiger partial charge in [-0.2, -0.15) is 4.72 Å². The number of nitrogens with one attached hydrogen (secondary N) is 2. The number of carboxylic acid groups (broad SMARTS) is 1. The van der Waals surface area contributed by atoms with Gasteiger partial charge < -0.3 is 10.4 Å². The number of aromatic nitrogens is 1. The SMILES string of the molecule is CNC(=O)C(C)NS(=O)(=O)c1scnc1C(=O)O. The smallest absolute Gasteiger partial charge is 0.356 e. The minimum Gasteiger partial charge on any atom is -0.476 e. The van der Waals surface area contributed by atoms with Crippen LogP contribution in [0.2, 0.25) is 0 Å². The zero-order valence-corrected chi connectivity index (χ0v) is 11.1. The van der Waals surface area contributed by atoms with Crippen LogP contribution < -0.4 is 10.0 Å². The third-order valence-electron chi connectivity index (χ3n) is 1.95. The van der Waals surface area contributed by atoms with E-state index in [1.807, 2.05) is 0 Å². The summed E-state index contributed by atoms with van der Waals surface area (Å²) < 4.78 is 25.4. The Bertz CT molecular complexity index is 565. The lowest BCUT2D eigenvalue weighted by Crippen LogP contribution is -2.43. The quantitative estimate of drug-likeness (QED) is 0.656. The molecular formula is C8H11N3O5S2. The number of aromatic carboxylic acids is 1. The number of carbonyl (C=O) groups is 2. The minimum atomic E-state index is -4.08. The van der Waals surface area contributed by atoms with E-state index in [2.05, 4.69) is 15.0 Å². The molecule has 0 aliphatic rings. The number of sulfonamides is 1. The molecule has 1 heterocycles. The maximum atomic E-state index is 11.9. The largest absolute Gasteiger partial charge is 0.476 e. The monoisotopic (exact) mass is 293 g/mol. The molecule has 0 aliphatic carbocycles. The van der Waals surface area contributed by atoms with Gasteiger partial charge in [0, 0.05) is 7.05 Å². The average molecular weight is 293 g/mol. The summed E-state index contributed by atoms with van der Waals surface area (Å²) in [6.07, 6.45) is 0. The Morgan fingerprint density at radius 1 is 1.50 bits per heavy atom. The van der Waals surface area contributed by atoms with E-state index in [1.165, 1.54) is 14.0 Å². The fraction of sp³-hybridized carbons (Fsp3) is 0.375. The Labute approximate surface area is 107 Å². The van der Waals surface area contributed by atoms with Gasteiger partial charge in [-0.1, -0.05) is 0 Å². The molecule has 0 fully saturated rings. The number of hydrogen-bond acceptors (Lipinski definition) is 6. The molecule has 1 atom stereocenters. The zero-order chi connectivity index (χ0) is 13.9. The second-order valence-corrected chi connectivity index (χ2v) is 6.01. The molecule has 3 N–H and O–H groups in total. The van der Waals surface area contributed by atoms with Crippen molar-refractivity contribution in [2.45, 2.75) is 17.2 Å². The molecule has 1 rings (SSSR count). The van der Waals surface area contributed by atoms with Crippen molar-refractivity contribution >= 4 is 33.2 Å². The van der Waals surface area contributed by atoms with Crippen LogP contribution in [0.15, 0.2) is 9.72 Å². The summed E-state index contributed by atoms with van der Waals surface area (Å²) in [6.45, 7) is 1.35. The van der Waals surface area contributed by atoms with Crippen LogP contribution in [-0.4, -0.2) is 43.5 Å². The number of nitrogens with zero attached hydrogens (tertiary/aromatic N) is 1. The van der Waals surface area contributed by atoms with Crippen molar-refractivity contribution in [3.63, 3.8) is 0 Å². The van der Waals surface area contributed by atoms with Crippen LogP contribution in [0.3, 0.4) is 0 Å². The maximum absolute atomic E-state index is 11.9. The second-order valence-electron chi connectivity index (χ2n) is 3.25. The summed E-state index contributed by atoms with van der Waals surface area (Å²) in [6, 6.07) is -1.01. The fourth-order valence-corrected chi connectivity index (χ4v) is 3.48. The van der Waals surface area contributed by atoms with Gasteiger partial charge in [-0.3, -0.25) is 4.79 Å². The predicted molar refractivity (Wildman–Crippen MR) is 62.9 cm³/mol. The highest BCUT2D eigenvalue weighted by atomic mass is 32.2. The van der Waals surface area contributed by atoms with Crippen LogP contribution in [-0.2, 0) is 14.8 Å². The normalized spacial score (nSPS) is 13.0. The first-order chi connectivity index (χ1) is 8.29. The predicted octanol–water partition coefficient (Wildman–Crippen LogP) is -0.746. The molecule has 8 nitrogen and oxygen atoms in total. The third kappa shape index (κ3) is 3.03. The minimum absolute atomic E-state index is 0.425. The summed E-state index contributed by atoms with van der Waals surface area (Å²) in [5.41, 5.74) is 0.555. The van der Waals surface area contributed by atoms with Crippen LogP contribution in [0.4, 0.5) is 0 Å². The molecule has 0 radical (unpaired) electrons. The van der Waals surface area contributed by atoms with Crippen molar-refractivity contribution in [1.82, 2.24) is 15.0 Å². The van der Waals surface area contributed by atoms with Gasteiger partial charge in [-0.05, 0) is 6.92 Å². The molecule has 0 aliphatic heterocycles. The topological polar surface area (TPSA) is 125 Å². The number of amides is 1. The second kappa shape index (κ2) is 5.42. The van der Waals surface area contributed by atoms with E-state index < -0.39 is 37.8 Å². The Kier molecular flexibility index (Phi) is 4.38. The first kappa shape index (κ1) is 14.5. The van der Waals surface area contributed by atoms with E-state index >= 15 is 0 Å². The van der Waals surface area contributed by atoms with Crippen LogP contribution in [0.1, 0.15) is 17.4 Å². The van der Waals surface area contributed by atoms with E-state index in [-0.39, 0.29) is 0 Å². The molecule has 1 amide bonds. The van der Waals surface area contributed by atoms with Gasteiger partial charge in [-0.15, -0.1) is 11.3 Å². The van der Waals surface area contributed by atoms with Crippen LogP contribution in [0.5, 0.6) is 0 Å². The Morgan fingerprint density at radius 2 is 2.11 bits per heavy atom. The Hall–Kier alpha value is -1.52. The van der Waals surface area contributed by atoms with E-state index in [0.717, 1.165) is 5.51 Å². The molecule has 100 valence electrons. The van der Waals surface area contributed by atoms with Crippen molar-refractivity contribution in [2.75, 3.05) is 7.05 Å². The van der Waals surface area contributed by atoms with Gasteiger partial charge in [-0.25, -0.2) is 18.2 Å². The zero-order valence-electron chi connectivity index (χ0n) is 9.50. The lowest BCUT2D eigenvalue weighted by molar-refractivity contribution is -0.121. The molecule has 0 spiro atoms. The van der Waals surface area contributed by atoms with E-state index in [4.69, 9.17) is 5.11 Å². The number of rotatable bonds is 5. The van der Waals surface area contributed by atoms with Crippen LogP contribution >= 0.6 is 11.3 Å². The highest BCUT2D eigenvalue weighted by Crippen LogP contribution is 2.20. The van der Waals surface area contributed by atoms with Gasteiger partial charge in [0.15, 0.2) is 9.90 Å². The van der Waals surface area contributed by atoms with E-state index in [1.54, 1.807) is 0 Å². The average Bonchev–Trinajstić information content (AvgIpc) is 2.76. The first-order valence-corrected chi connectivity index (χ1v) is 7.06. The molecule has 0 saturated heterocycles. The molecule has 1 unspecified atom stereocenters. The van der Waals surface area contributed by atoms with Crippen molar-refractivity contribution in [1.29, 1.82) is 0 Å². The van der Waals surface area contributed by atoms with Crippen LogP contribution in [0, 0.1) is 0 Å². The number of carboxylic acids is 1. The van der Waals surface area contributed by atoms with Crippen molar-refractivity contribution in [3.05, 3.63) is 11.2 Å². The van der Waals surface area contributed by atoms with Crippen LogP contribution in [0.25, 0.3) is 0 Å². The number of thiazole rings is 1. The summed E-state index contributed by atoms with van der Waals surface area (Å²) in [5, 5.41) is 11.1. The number of hydrogen-bond donors (Lipinski definition) is 3. The highest BCUT2D eigenvalue weighted by molar-refractivity contribution is 7.91. The first-order valence-electron chi connectivity index (χ1n) is 4.70. The summed E-state index contributed by atoms with van der Waals surface area (Å²) in [4.78, 5) is 25.4. The molecule has 0 bridgehead atoms. The molecule has 1 aromatic rings. The van der Waals surface area contributed by atoms with E-state index in [9.17, 15) is 18.0 Å². The van der Waals surface area contributed by atoms with Crippen molar-refractivity contribution in [2.24, 2.45) is 0 Å². The van der Waals surface area contributed by atoms with Crippen molar-refractivity contribution < 1.29 is 23.1 Å². The highest BCUT2D eigenvalue weighted by Gasteiger charge is 2.28. The van der Waals surface area contributed by atoms with Gasteiger partial charge >= 0.3 is 5.97 Å². The summed E-state index contributed by atoms with van der Waals surface area (Å²) in [7, 11) is -2.72. The number of likely N-dealkylation sites (N-methyl/N-ethyl adjacent to an activating group) is 1. The standard InChI is InChI=1S/C8H11N3O5S2/c1-4(6(12)9-2)11-18(15,16)8-5(7(13)14)10-3-17-8/h3-4,11H,1-2H3,(H,9,12)(H,13,14). The molecule has 1 aromatic heterocycles. The molecular weight excluding hydrogens is 282 g/mol. The molecule has 10 heteroatoms. The Balaban J connectivity index is 3.04. The van der Waals surface area contributed by atoms with Gasteiger partial charge in [0.2, 0.25) is 5.91 Å². The van der Waals surface area contributed by atoms with Crippen molar-refractivity contribution in [3.8, 4) is 0 Å². The van der Waals surface area contributed by atoms with Gasteiger partial charge in [0.1, 0.15) is 0 Å². The fourth-order valence-electron chi connectivity index (χ4n) is 1.12. The number of carbonyl (C=O) groups excluding carboxylic acids is 1.